The second-order valence-corrected chi connectivity index (χ2v) is 6.21. The molecule has 0 saturated heterocycles. The van der Waals surface area contributed by atoms with Crippen molar-refractivity contribution in [3.63, 3.8) is 0 Å². The summed E-state index contributed by atoms with van der Waals surface area (Å²) in [7, 11) is 0. The molecule has 1 N–H and O–H groups in total. The average Bonchev–Trinajstić information content (AvgIpc) is 2.42. The van der Waals surface area contributed by atoms with E-state index in [1.807, 2.05) is 0 Å². The third-order valence-corrected chi connectivity index (χ3v) is 3.84. The fourth-order valence-corrected chi connectivity index (χ4v) is 2.49. The topological polar surface area (TPSA) is 72.5 Å². The molecule has 1 aliphatic rings. The molecular weight excluding hydrogens is 327 g/mol. The Morgan fingerprint density at radius 1 is 1.29 bits per heavy atom. The van der Waals surface area contributed by atoms with Crippen molar-refractivity contribution in [1.29, 1.82) is 0 Å². The second kappa shape index (κ2) is 6.26. The van der Waals surface area contributed by atoms with Crippen molar-refractivity contribution in [1.82, 2.24) is 0 Å². The van der Waals surface area contributed by atoms with Crippen LogP contribution in [0.3, 0.4) is 0 Å². The number of nitrogens with one attached hydrogen (secondary N) is 1. The largest absolute Gasteiger partial charge is 0.573 e. The van der Waals surface area contributed by atoms with Crippen molar-refractivity contribution < 1.29 is 32.3 Å². The van der Waals surface area contributed by atoms with Gasteiger partial charge in [0.1, 0.15) is 5.75 Å². The molecule has 0 aliphatic heterocycles. The third-order valence-electron chi connectivity index (χ3n) is 3.84. The summed E-state index contributed by atoms with van der Waals surface area (Å²) in [4.78, 5) is 36.5. The molecule has 1 saturated carbocycles. The van der Waals surface area contributed by atoms with Crippen LogP contribution in [0.4, 0.5) is 18.9 Å². The van der Waals surface area contributed by atoms with E-state index in [1.54, 1.807) is 13.8 Å². The minimum Gasteiger partial charge on any atom is -0.406 e. The zero-order valence-corrected chi connectivity index (χ0v) is 13.1. The number of halogens is 3. The van der Waals surface area contributed by atoms with E-state index in [4.69, 9.17) is 0 Å². The maximum Gasteiger partial charge on any atom is 0.573 e. The van der Waals surface area contributed by atoms with Gasteiger partial charge < -0.3 is 10.1 Å². The van der Waals surface area contributed by atoms with Crippen molar-refractivity contribution in [3.8, 4) is 5.75 Å². The number of ether oxygens (including phenoxy) is 1. The van der Waals surface area contributed by atoms with Crippen molar-refractivity contribution in [2.75, 3.05) is 5.32 Å². The number of carbonyl (C=O) groups excluding carboxylic acids is 3. The first-order valence-electron chi connectivity index (χ1n) is 7.23. The molecule has 0 bridgehead atoms. The van der Waals surface area contributed by atoms with Crippen LogP contribution in [0.15, 0.2) is 24.3 Å². The highest BCUT2D eigenvalue weighted by Crippen LogP contribution is 2.34. The lowest BCUT2D eigenvalue weighted by Gasteiger charge is -2.31. The van der Waals surface area contributed by atoms with E-state index in [-0.39, 0.29) is 12.1 Å². The number of hydrogen-bond donors (Lipinski definition) is 1. The van der Waals surface area contributed by atoms with E-state index in [2.05, 4.69) is 10.1 Å². The number of ketones is 2. The first kappa shape index (κ1) is 18.0. The Morgan fingerprint density at radius 3 is 2.58 bits per heavy atom. The van der Waals surface area contributed by atoms with Gasteiger partial charge in [0.15, 0.2) is 17.5 Å². The zero-order valence-electron chi connectivity index (χ0n) is 13.1. The SMILES string of the molecule is CC1(C)CCC(=O)C(C(=O)Nc2cccc(OC(F)(F)F)c2)C1=O. The molecule has 0 spiro atoms. The lowest BCUT2D eigenvalue weighted by molar-refractivity contribution is -0.274. The summed E-state index contributed by atoms with van der Waals surface area (Å²) in [5.41, 5.74) is -0.789. The number of Topliss-reactive ketones (excluding diaryl/α,β-unsaturated/α-hetero) is 2. The van der Waals surface area contributed by atoms with Crippen LogP contribution in [-0.2, 0) is 14.4 Å². The standard InChI is InChI=1S/C16H16F3NO4/c1-15(2)7-6-11(21)12(13(15)22)14(23)20-9-4-3-5-10(8-9)24-16(17,18)19/h3-5,8,12H,6-7H2,1-2H3,(H,20,23). The average molecular weight is 343 g/mol. The zero-order chi connectivity index (χ0) is 18.1. The number of carbonyl (C=O) groups is 3. The third kappa shape index (κ3) is 4.12. The van der Waals surface area contributed by atoms with E-state index in [0.717, 1.165) is 12.1 Å². The highest BCUT2D eigenvalue weighted by atomic mass is 19.4. The Hall–Kier alpha value is -2.38. The van der Waals surface area contributed by atoms with Crippen LogP contribution in [0.2, 0.25) is 0 Å². The number of alkyl halides is 3. The van der Waals surface area contributed by atoms with Gasteiger partial charge in [0.2, 0.25) is 5.91 Å². The van der Waals surface area contributed by atoms with Gasteiger partial charge in [0, 0.05) is 23.6 Å². The lowest BCUT2D eigenvalue weighted by Crippen LogP contribution is -2.46. The van der Waals surface area contributed by atoms with Crippen molar-refractivity contribution in [2.24, 2.45) is 11.3 Å². The van der Waals surface area contributed by atoms with Gasteiger partial charge in [0.05, 0.1) is 0 Å². The molecule has 1 amide bonds. The lowest BCUT2D eigenvalue weighted by atomic mass is 9.70. The van der Waals surface area contributed by atoms with Crippen LogP contribution in [0.25, 0.3) is 0 Å². The molecule has 1 atom stereocenters. The highest BCUT2D eigenvalue weighted by Gasteiger charge is 2.45. The summed E-state index contributed by atoms with van der Waals surface area (Å²) in [5.74, 6) is -3.77. The fourth-order valence-electron chi connectivity index (χ4n) is 2.49. The van der Waals surface area contributed by atoms with Crippen LogP contribution in [0.1, 0.15) is 26.7 Å². The molecule has 5 nitrogen and oxygen atoms in total. The van der Waals surface area contributed by atoms with E-state index < -0.39 is 40.9 Å². The quantitative estimate of drug-likeness (QED) is 0.856. The number of hydrogen-bond acceptors (Lipinski definition) is 4. The number of benzene rings is 1. The molecule has 1 aromatic carbocycles. The number of anilines is 1. The monoisotopic (exact) mass is 343 g/mol. The van der Waals surface area contributed by atoms with Crippen LogP contribution >= 0.6 is 0 Å². The molecule has 24 heavy (non-hydrogen) atoms. The predicted octanol–water partition coefficient (Wildman–Crippen LogP) is 3.10. The molecule has 8 heteroatoms. The van der Waals surface area contributed by atoms with Crippen molar-refractivity contribution >= 4 is 23.2 Å². The van der Waals surface area contributed by atoms with Crippen LogP contribution in [-0.4, -0.2) is 23.8 Å². The smallest absolute Gasteiger partial charge is 0.406 e. The fraction of sp³-hybridized carbons (Fsp3) is 0.438. The van der Waals surface area contributed by atoms with Gasteiger partial charge in [0.25, 0.3) is 0 Å². The molecular formula is C16H16F3NO4. The molecule has 0 radical (unpaired) electrons. The Kier molecular flexibility index (Phi) is 4.68. The number of amides is 1. The summed E-state index contributed by atoms with van der Waals surface area (Å²) < 4.78 is 40.4. The van der Waals surface area contributed by atoms with Crippen LogP contribution in [0.5, 0.6) is 5.75 Å². The summed E-state index contributed by atoms with van der Waals surface area (Å²) in [5, 5.41) is 2.31. The molecule has 1 fully saturated rings. The van der Waals surface area contributed by atoms with Gasteiger partial charge in [-0.3, -0.25) is 14.4 Å². The van der Waals surface area contributed by atoms with E-state index in [0.29, 0.717) is 6.42 Å². The predicted molar refractivity (Wildman–Crippen MR) is 78.3 cm³/mol. The Labute approximate surface area is 136 Å². The van der Waals surface area contributed by atoms with Gasteiger partial charge in [-0.05, 0) is 18.6 Å². The molecule has 0 aromatic heterocycles. The minimum atomic E-state index is -4.86. The molecule has 1 aliphatic carbocycles. The first-order chi connectivity index (χ1) is 11.0. The normalized spacial score (nSPS) is 20.6. The maximum absolute atomic E-state index is 12.3. The molecule has 1 unspecified atom stereocenters. The van der Waals surface area contributed by atoms with Gasteiger partial charge in [-0.25, -0.2) is 0 Å². The van der Waals surface area contributed by atoms with Crippen LogP contribution in [0, 0.1) is 11.3 Å². The Balaban J connectivity index is 2.16. The van der Waals surface area contributed by atoms with Crippen molar-refractivity contribution in [3.05, 3.63) is 24.3 Å². The van der Waals surface area contributed by atoms with E-state index >= 15 is 0 Å². The summed E-state index contributed by atoms with van der Waals surface area (Å²) >= 11 is 0. The molecule has 2 rings (SSSR count). The van der Waals surface area contributed by atoms with E-state index in [9.17, 15) is 27.6 Å². The molecule has 1 aromatic rings. The van der Waals surface area contributed by atoms with Gasteiger partial charge >= 0.3 is 6.36 Å². The van der Waals surface area contributed by atoms with Crippen molar-refractivity contribution in [2.45, 2.75) is 33.1 Å². The maximum atomic E-state index is 12.3. The minimum absolute atomic E-state index is 0.00531. The Morgan fingerprint density at radius 2 is 1.96 bits per heavy atom. The van der Waals surface area contributed by atoms with Crippen LogP contribution < -0.4 is 10.1 Å². The summed E-state index contributed by atoms with van der Waals surface area (Å²) in [6, 6.07) is 4.63. The summed E-state index contributed by atoms with van der Waals surface area (Å²) in [6.07, 6.45) is -4.39. The number of rotatable bonds is 3. The Bertz CT molecular complexity index is 682. The molecule has 130 valence electrons. The summed E-state index contributed by atoms with van der Waals surface area (Å²) in [6.45, 7) is 3.31. The van der Waals surface area contributed by atoms with Gasteiger partial charge in [-0.2, -0.15) is 0 Å². The second-order valence-electron chi connectivity index (χ2n) is 6.21. The molecule has 0 heterocycles. The first-order valence-corrected chi connectivity index (χ1v) is 7.23. The van der Waals surface area contributed by atoms with Gasteiger partial charge in [-0.15, -0.1) is 13.2 Å². The van der Waals surface area contributed by atoms with E-state index in [1.165, 1.54) is 12.1 Å². The highest BCUT2D eigenvalue weighted by molar-refractivity contribution is 6.24. The van der Waals surface area contributed by atoms with Gasteiger partial charge in [-0.1, -0.05) is 19.9 Å².